The van der Waals surface area contributed by atoms with Gasteiger partial charge in [-0.05, 0) is 61.1 Å². The van der Waals surface area contributed by atoms with Crippen molar-refractivity contribution in [1.29, 1.82) is 0 Å². The Morgan fingerprint density at radius 2 is 2.04 bits per heavy atom. The van der Waals surface area contributed by atoms with E-state index in [0.717, 1.165) is 5.56 Å². The largest absolute Gasteiger partial charge is 0.482 e. The first-order chi connectivity index (χ1) is 12.4. The summed E-state index contributed by atoms with van der Waals surface area (Å²) < 4.78 is 5.33. The lowest BCUT2D eigenvalue weighted by Crippen LogP contribution is -2.26. The summed E-state index contributed by atoms with van der Waals surface area (Å²) in [6.07, 6.45) is 0. The number of anilines is 2. The molecule has 3 N–H and O–H groups in total. The third-order valence-electron chi connectivity index (χ3n) is 3.53. The average molecular weight is 409 g/mol. The first-order valence-corrected chi connectivity index (χ1v) is 8.72. The number of benzene rings is 2. The molecule has 9 heteroatoms. The van der Waals surface area contributed by atoms with Crippen LogP contribution in [0.15, 0.2) is 41.5 Å². The number of carbonyl (C=O) groups excluding carboxylic acids is 1. The molecule has 0 aromatic heterocycles. The van der Waals surface area contributed by atoms with Gasteiger partial charge in [-0.25, -0.2) is 0 Å². The van der Waals surface area contributed by atoms with E-state index in [0.29, 0.717) is 38.0 Å². The zero-order valence-electron chi connectivity index (χ0n) is 13.6. The summed E-state index contributed by atoms with van der Waals surface area (Å²) in [7, 11) is 0. The Hall–Kier alpha value is -2.35. The summed E-state index contributed by atoms with van der Waals surface area (Å²) in [4.78, 5) is 11.4. The molecule has 2 aromatic rings. The molecule has 3 rings (SSSR count). The van der Waals surface area contributed by atoms with E-state index in [2.05, 4.69) is 21.2 Å². The van der Waals surface area contributed by atoms with Gasteiger partial charge < -0.3 is 15.4 Å². The highest BCUT2D eigenvalue weighted by atomic mass is 35.5. The van der Waals surface area contributed by atoms with Crippen molar-refractivity contribution in [2.24, 2.45) is 5.10 Å². The van der Waals surface area contributed by atoms with Crippen LogP contribution in [-0.2, 0) is 4.79 Å². The van der Waals surface area contributed by atoms with Gasteiger partial charge in [0.2, 0.25) is 0 Å². The van der Waals surface area contributed by atoms with Crippen molar-refractivity contribution in [3.8, 4) is 5.75 Å². The van der Waals surface area contributed by atoms with Gasteiger partial charge in [0.1, 0.15) is 5.75 Å². The second-order valence-electron chi connectivity index (χ2n) is 5.44. The number of rotatable bonds is 3. The minimum atomic E-state index is -0.186. The Morgan fingerprint density at radius 1 is 1.23 bits per heavy atom. The number of nitrogens with zero attached hydrogens (tertiary/aromatic N) is 1. The van der Waals surface area contributed by atoms with E-state index >= 15 is 0 Å². The summed E-state index contributed by atoms with van der Waals surface area (Å²) in [5.74, 6) is 0.445. The molecule has 1 aliphatic heterocycles. The smallest absolute Gasteiger partial charge is 0.262 e. The SMILES string of the molecule is C/C(=N/NC(=S)Nc1ccc(Cl)c(Cl)c1)c1ccc2c(c1)NC(=O)CO2. The number of nitrogens with one attached hydrogen (secondary N) is 3. The zero-order valence-corrected chi connectivity index (χ0v) is 15.9. The highest BCUT2D eigenvalue weighted by Crippen LogP contribution is 2.28. The fourth-order valence-corrected chi connectivity index (χ4v) is 2.70. The monoisotopic (exact) mass is 408 g/mol. The molecule has 0 saturated heterocycles. The zero-order chi connectivity index (χ0) is 18.7. The molecule has 0 radical (unpaired) electrons. The summed E-state index contributed by atoms with van der Waals surface area (Å²) >= 11 is 17.1. The molecule has 1 aliphatic rings. The van der Waals surface area contributed by atoms with Gasteiger partial charge in [0, 0.05) is 5.69 Å². The first-order valence-electron chi connectivity index (χ1n) is 7.56. The second-order valence-corrected chi connectivity index (χ2v) is 6.66. The molecular formula is C17H14Cl2N4O2S. The van der Waals surface area contributed by atoms with Crippen molar-refractivity contribution in [3.63, 3.8) is 0 Å². The molecular weight excluding hydrogens is 395 g/mol. The summed E-state index contributed by atoms with van der Waals surface area (Å²) in [5, 5.41) is 11.2. The summed E-state index contributed by atoms with van der Waals surface area (Å²) in [6, 6.07) is 10.5. The predicted molar refractivity (Wildman–Crippen MR) is 109 cm³/mol. The molecule has 0 atom stereocenters. The standard InChI is InChI=1S/C17H14Cl2N4O2S/c1-9(10-2-5-15-14(6-10)21-16(24)8-25-15)22-23-17(26)20-11-3-4-12(18)13(19)7-11/h2-7H,8H2,1H3,(H,21,24)(H2,20,23,26)/b22-9-. The van der Waals surface area contributed by atoms with Gasteiger partial charge >= 0.3 is 0 Å². The Bertz CT molecular complexity index is 918. The summed E-state index contributed by atoms with van der Waals surface area (Å²) in [6.45, 7) is 1.84. The van der Waals surface area contributed by atoms with E-state index in [1.54, 1.807) is 30.3 Å². The van der Waals surface area contributed by atoms with Crippen molar-refractivity contribution in [1.82, 2.24) is 5.43 Å². The van der Waals surface area contributed by atoms with E-state index in [9.17, 15) is 4.79 Å². The normalized spacial score (nSPS) is 13.3. The fraction of sp³-hybridized carbons (Fsp3) is 0.118. The van der Waals surface area contributed by atoms with Crippen molar-refractivity contribution in [2.45, 2.75) is 6.92 Å². The van der Waals surface area contributed by atoms with Crippen LogP contribution in [0.3, 0.4) is 0 Å². The van der Waals surface area contributed by atoms with Crippen LogP contribution in [0.4, 0.5) is 11.4 Å². The number of hydrazone groups is 1. The van der Waals surface area contributed by atoms with Crippen LogP contribution >= 0.6 is 35.4 Å². The van der Waals surface area contributed by atoms with E-state index in [4.69, 9.17) is 40.2 Å². The van der Waals surface area contributed by atoms with E-state index in [-0.39, 0.29) is 12.5 Å². The van der Waals surface area contributed by atoms with E-state index in [1.165, 1.54) is 0 Å². The van der Waals surface area contributed by atoms with Crippen LogP contribution in [0, 0.1) is 0 Å². The van der Waals surface area contributed by atoms with Crippen molar-refractivity contribution in [2.75, 3.05) is 17.2 Å². The topological polar surface area (TPSA) is 74.8 Å². The maximum Gasteiger partial charge on any atom is 0.262 e. The number of hydrogen-bond donors (Lipinski definition) is 3. The molecule has 0 saturated carbocycles. The van der Waals surface area contributed by atoms with E-state index in [1.807, 2.05) is 13.0 Å². The predicted octanol–water partition coefficient (Wildman–Crippen LogP) is 4.03. The lowest BCUT2D eigenvalue weighted by atomic mass is 10.1. The second kappa shape index (κ2) is 7.90. The Morgan fingerprint density at radius 3 is 2.81 bits per heavy atom. The number of amides is 1. The Balaban J connectivity index is 1.66. The lowest BCUT2D eigenvalue weighted by molar-refractivity contribution is -0.118. The maximum atomic E-state index is 11.4. The fourth-order valence-electron chi connectivity index (χ4n) is 2.24. The van der Waals surface area contributed by atoms with Crippen LogP contribution in [0.25, 0.3) is 0 Å². The molecule has 134 valence electrons. The number of carbonyl (C=O) groups is 1. The number of thiocarbonyl (C=S) groups is 1. The van der Waals surface area contributed by atoms with Crippen molar-refractivity contribution in [3.05, 3.63) is 52.0 Å². The van der Waals surface area contributed by atoms with Crippen LogP contribution in [0.1, 0.15) is 12.5 Å². The van der Waals surface area contributed by atoms with Gasteiger partial charge in [-0.2, -0.15) is 5.10 Å². The quantitative estimate of drug-likeness (QED) is 0.406. The molecule has 0 unspecified atom stereocenters. The number of ether oxygens (including phenoxy) is 1. The maximum absolute atomic E-state index is 11.4. The lowest BCUT2D eigenvalue weighted by Gasteiger charge is -2.18. The third kappa shape index (κ3) is 4.43. The third-order valence-corrected chi connectivity index (χ3v) is 4.47. The Kier molecular flexibility index (Phi) is 5.61. The first kappa shape index (κ1) is 18.4. The Labute approximate surface area is 165 Å². The average Bonchev–Trinajstić information content (AvgIpc) is 2.62. The van der Waals surface area contributed by atoms with Gasteiger partial charge in [0.05, 0.1) is 21.4 Å². The number of fused-ring (bicyclic) bond motifs is 1. The van der Waals surface area contributed by atoms with Crippen LogP contribution in [-0.4, -0.2) is 23.3 Å². The molecule has 0 spiro atoms. The van der Waals surface area contributed by atoms with Gasteiger partial charge in [-0.1, -0.05) is 23.2 Å². The van der Waals surface area contributed by atoms with E-state index < -0.39 is 0 Å². The van der Waals surface area contributed by atoms with Crippen LogP contribution < -0.4 is 20.8 Å². The molecule has 0 aliphatic carbocycles. The molecule has 26 heavy (non-hydrogen) atoms. The van der Waals surface area contributed by atoms with Crippen molar-refractivity contribution >= 4 is 63.5 Å². The minimum Gasteiger partial charge on any atom is -0.482 e. The van der Waals surface area contributed by atoms with Crippen LogP contribution in [0.5, 0.6) is 5.75 Å². The molecule has 1 heterocycles. The van der Waals surface area contributed by atoms with Crippen molar-refractivity contribution < 1.29 is 9.53 Å². The number of hydrogen-bond acceptors (Lipinski definition) is 4. The summed E-state index contributed by atoms with van der Waals surface area (Å²) in [5.41, 5.74) is 5.58. The molecule has 6 nitrogen and oxygen atoms in total. The van der Waals surface area contributed by atoms with Gasteiger partial charge in [0.15, 0.2) is 11.7 Å². The molecule has 1 amide bonds. The molecule has 0 fully saturated rings. The van der Waals surface area contributed by atoms with Gasteiger partial charge in [0.25, 0.3) is 5.91 Å². The molecule has 2 aromatic carbocycles. The number of halogens is 2. The van der Waals surface area contributed by atoms with Gasteiger partial charge in [-0.3, -0.25) is 10.2 Å². The van der Waals surface area contributed by atoms with Crippen LogP contribution in [0.2, 0.25) is 10.0 Å². The highest BCUT2D eigenvalue weighted by Gasteiger charge is 2.16. The highest BCUT2D eigenvalue weighted by molar-refractivity contribution is 7.80. The molecule has 0 bridgehead atoms. The minimum absolute atomic E-state index is 0.0234. The van der Waals surface area contributed by atoms with Gasteiger partial charge in [-0.15, -0.1) is 0 Å².